The summed E-state index contributed by atoms with van der Waals surface area (Å²) in [5.41, 5.74) is 4.63. The van der Waals surface area contributed by atoms with Crippen molar-refractivity contribution in [1.82, 2.24) is 9.80 Å². The zero-order valence-corrected chi connectivity index (χ0v) is 15.6. The Morgan fingerprint density at radius 3 is 1.73 bits per heavy atom. The second kappa shape index (κ2) is 5.64. The Morgan fingerprint density at radius 1 is 0.864 bits per heavy atom. The van der Waals surface area contributed by atoms with Crippen LogP contribution < -0.4 is 0 Å². The molecule has 1 atom stereocenters. The Labute approximate surface area is 136 Å². The Balaban J connectivity index is 2.37. The Hall–Kier alpha value is -1.44. The van der Waals surface area contributed by atoms with Crippen LogP contribution in [0.5, 0.6) is 0 Å². The predicted molar refractivity (Wildman–Crippen MR) is 95.8 cm³/mol. The fourth-order valence-electron chi connectivity index (χ4n) is 2.72. The molecule has 122 valence electrons. The van der Waals surface area contributed by atoms with Gasteiger partial charge in [-0.1, -0.05) is 59.7 Å². The molecule has 0 N–H and O–H groups in total. The molecule has 0 amide bonds. The third-order valence-corrected chi connectivity index (χ3v) is 4.65. The van der Waals surface area contributed by atoms with E-state index < -0.39 is 0 Å². The van der Waals surface area contributed by atoms with Crippen molar-refractivity contribution in [2.45, 2.75) is 72.0 Å². The maximum Gasteiger partial charge on any atom is 0.0978 e. The fraction of sp³-hybridized carbons (Fsp3) is 0.600. The van der Waals surface area contributed by atoms with Crippen LogP contribution in [0.25, 0.3) is 0 Å². The summed E-state index contributed by atoms with van der Waals surface area (Å²) in [7, 11) is 2.13. The summed E-state index contributed by atoms with van der Waals surface area (Å²) in [4.78, 5) is 4.65. The van der Waals surface area contributed by atoms with Gasteiger partial charge in [0.25, 0.3) is 0 Å². The van der Waals surface area contributed by atoms with Gasteiger partial charge in [0.1, 0.15) is 0 Å². The van der Waals surface area contributed by atoms with Gasteiger partial charge < -0.3 is 9.80 Å². The van der Waals surface area contributed by atoms with E-state index in [1.807, 2.05) is 0 Å². The lowest BCUT2D eigenvalue weighted by Crippen LogP contribution is -2.33. The summed E-state index contributed by atoms with van der Waals surface area (Å²) in [6.07, 6.45) is 4.78. The van der Waals surface area contributed by atoms with Gasteiger partial charge in [0, 0.05) is 26.0 Å². The van der Waals surface area contributed by atoms with E-state index in [1.165, 1.54) is 16.7 Å². The minimum atomic E-state index is 0.180. The molecular weight excluding hydrogens is 268 g/mol. The number of hydrogen-bond donors (Lipinski definition) is 0. The van der Waals surface area contributed by atoms with E-state index in [4.69, 9.17) is 0 Å². The van der Waals surface area contributed by atoms with Crippen LogP contribution in [0.4, 0.5) is 0 Å². The molecule has 0 spiro atoms. The molecule has 22 heavy (non-hydrogen) atoms. The van der Waals surface area contributed by atoms with Crippen LogP contribution in [-0.4, -0.2) is 23.0 Å². The molecule has 0 bridgehead atoms. The lowest BCUT2D eigenvalue weighted by Gasteiger charge is -2.30. The minimum Gasteiger partial charge on any atom is -0.359 e. The summed E-state index contributed by atoms with van der Waals surface area (Å²) in [6.45, 7) is 17.0. The molecule has 1 heterocycles. The van der Waals surface area contributed by atoms with Gasteiger partial charge in [-0.25, -0.2) is 0 Å². The maximum absolute atomic E-state index is 2.40. The summed E-state index contributed by atoms with van der Waals surface area (Å²) in [6, 6.07) is 7.15. The molecule has 1 unspecified atom stereocenters. The van der Waals surface area contributed by atoms with E-state index in [0.717, 1.165) is 6.54 Å². The van der Waals surface area contributed by atoms with Gasteiger partial charge in [-0.05, 0) is 34.4 Å². The molecule has 1 aliphatic heterocycles. The Kier molecular flexibility index (Phi) is 4.34. The minimum absolute atomic E-state index is 0.180. The third-order valence-electron chi connectivity index (χ3n) is 4.65. The largest absolute Gasteiger partial charge is 0.359 e. The summed E-state index contributed by atoms with van der Waals surface area (Å²) in [5.74, 6) is 0. The van der Waals surface area contributed by atoms with Crippen molar-refractivity contribution >= 4 is 0 Å². The van der Waals surface area contributed by atoms with Crippen molar-refractivity contribution in [3.63, 3.8) is 0 Å². The first-order chi connectivity index (χ1) is 9.98. The van der Waals surface area contributed by atoms with E-state index >= 15 is 0 Å². The molecule has 0 aliphatic carbocycles. The molecule has 0 saturated heterocycles. The smallest absolute Gasteiger partial charge is 0.0978 e. The van der Waals surface area contributed by atoms with Crippen molar-refractivity contribution in [3.05, 3.63) is 47.3 Å². The molecule has 1 aliphatic rings. The first-order valence-corrected chi connectivity index (χ1v) is 8.29. The zero-order chi connectivity index (χ0) is 16.7. The molecular formula is C20H32N2. The fourth-order valence-corrected chi connectivity index (χ4v) is 2.72. The van der Waals surface area contributed by atoms with Crippen molar-refractivity contribution < 1.29 is 0 Å². The quantitative estimate of drug-likeness (QED) is 0.770. The normalized spacial score (nSPS) is 19.2. The van der Waals surface area contributed by atoms with Crippen LogP contribution in [0.1, 0.15) is 65.2 Å². The number of nitrogens with zero attached hydrogens (tertiary/aromatic N) is 2. The lowest BCUT2D eigenvalue weighted by molar-refractivity contribution is 0.189. The van der Waals surface area contributed by atoms with E-state index in [0.29, 0.717) is 6.17 Å². The molecule has 0 fully saturated rings. The van der Waals surface area contributed by atoms with Gasteiger partial charge in [0.2, 0.25) is 0 Å². The average molecular weight is 300 g/mol. The molecule has 1 aromatic rings. The molecule has 1 aromatic carbocycles. The van der Waals surface area contributed by atoms with E-state index in [1.54, 1.807) is 0 Å². The van der Waals surface area contributed by atoms with Crippen molar-refractivity contribution in [2.24, 2.45) is 0 Å². The SMILES string of the molecule is CC1N(C)C=CN1Cc1cc(C(C)(C)C)cc(C(C)(C)C)c1. The first-order valence-electron chi connectivity index (χ1n) is 8.29. The summed E-state index contributed by atoms with van der Waals surface area (Å²) < 4.78 is 0. The highest BCUT2D eigenvalue weighted by molar-refractivity contribution is 5.37. The molecule has 0 saturated carbocycles. The first kappa shape index (κ1) is 16.9. The topological polar surface area (TPSA) is 6.48 Å². The predicted octanol–water partition coefficient (Wildman–Crippen LogP) is 4.85. The standard InChI is InChI=1S/C20H32N2/c1-15-21(8)9-10-22(15)14-16-11-17(19(2,3)4)13-18(12-16)20(5,6)7/h9-13,15H,14H2,1-8H3. The van der Waals surface area contributed by atoms with Crippen molar-refractivity contribution in [1.29, 1.82) is 0 Å². The molecule has 2 heteroatoms. The van der Waals surface area contributed by atoms with Gasteiger partial charge in [0.15, 0.2) is 0 Å². The Bertz CT molecular complexity index is 526. The van der Waals surface area contributed by atoms with E-state index in [2.05, 4.69) is 95.9 Å². The zero-order valence-electron chi connectivity index (χ0n) is 15.6. The number of rotatable bonds is 2. The number of hydrogen-bond acceptors (Lipinski definition) is 2. The highest BCUT2D eigenvalue weighted by Crippen LogP contribution is 2.31. The second-order valence-corrected chi connectivity index (χ2v) is 8.69. The van der Waals surface area contributed by atoms with Crippen LogP contribution in [0, 0.1) is 0 Å². The van der Waals surface area contributed by atoms with Gasteiger partial charge >= 0.3 is 0 Å². The maximum atomic E-state index is 2.40. The summed E-state index contributed by atoms with van der Waals surface area (Å²) in [5, 5.41) is 0. The number of benzene rings is 1. The highest BCUT2D eigenvalue weighted by Gasteiger charge is 2.23. The lowest BCUT2D eigenvalue weighted by atomic mass is 9.79. The van der Waals surface area contributed by atoms with E-state index in [-0.39, 0.29) is 10.8 Å². The van der Waals surface area contributed by atoms with Crippen LogP contribution in [0.2, 0.25) is 0 Å². The van der Waals surface area contributed by atoms with Crippen LogP contribution in [0.3, 0.4) is 0 Å². The Morgan fingerprint density at radius 2 is 1.36 bits per heavy atom. The monoisotopic (exact) mass is 300 g/mol. The van der Waals surface area contributed by atoms with Gasteiger partial charge in [-0.3, -0.25) is 0 Å². The van der Waals surface area contributed by atoms with Crippen molar-refractivity contribution in [2.75, 3.05) is 7.05 Å². The van der Waals surface area contributed by atoms with Crippen LogP contribution >= 0.6 is 0 Å². The highest BCUT2D eigenvalue weighted by atomic mass is 15.4. The van der Waals surface area contributed by atoms with Gasteiger partial charge in [-0.2, -0.15) is 0 Å². The molecule has 0 aromatic heterocycles. The van der Waals surface area contributed by atoms with E-state index in [9.17, 15) is 0 Å². The van der Waals surface area contributed by atoms with Crippen molar-refractivity contribution in [3.8, 4) is 0 Å². The molecule has 2 nitrogen and oxygen atoms in total. The molecule has 0 radical (unpaired) electrons. The van der Waals surface area contributed by atoms with Gasteiger partial charge in [0.05, 0.1) is 6.17 Å². The summed E-state index contributed by atoms with van der Waals surface area (Å²) >= 11 is 0. The van der Waals surface area contributed by atoms with Crippen LogP contribution in [-0.2, 0) is 17.4 Å². The molecule has 2 rings (SSSR count). The average Bonchev–Trinajstić information content (AvgIpc) is 2.68. The van der Waals surface area contributed by atoms with Gasteiger partial charge in [-0.15, -0.1) is 0 Å². The second-order valence-electron chi connectivity index (χ2n) is 8.69. The third kappa shape index (κ3) is 3.66. The van der Waals surface area contributed by atoms with Crippen LogP contribution in [0.15, 0.2) is 30.6 Å².